The van der Waals surface area contributed by atoms with Crippen LogP contribution in [0.4, 0.5) is 0 Å². The Kier molecular flexibility index (Phi) is 3.81. The second-order valence-corrected chi connectivity index (χ2v) is 7.44. The van der Waals surface area contributed by atoms with Gasteiger partial charge in [0, 0.05) is 19.2 Å². The number of nitrogens with one attached hydrogen (secondary N) is 1. The van der Waals surface area contributed by atoms with Gasteiger partial charge in [0.15, 0.2) is 11.5 Å². The summed E-state index contributed by atoms with van der Waals surface area (Å²) in [6.45, 7) is 3.63. The number of ether oxygens (including phenoxy) is 2. The lowest BCUT2D eigenvalue weighted by Crippen LogP contribution is -2.44. The Morgan fingerprint density at radius 1 is 1.19 bits per heavy atom. The van der Waals surface area contributed by atoms with Crippen LogP contribution in [0.25, 0.3) is 0 Å². The number of fused-ring (bicyclic) bond motifs is 1. The number of hydrogen-bond donors (Lipinski definition) is 1. The van der Waals surface area contributed by atoms with Gasteiger partial charge in [-0.05, 0) is 44.5 Å². The predicted octanol–water partition coefficient (Wildman–Crippen LogP) is 1.10. The van der Waals surface area contributed by atoms with E-state index in [0.717, 1.165) is 25.9 Å². The minimum Gasteiger partial charge on any atom is -0.454 e. The first-order chi connectivity index (χ1) is 10.00. The highest BCUT2D eigenvalue weighted by molar-refractivity contribution is 7.89. The van der Waals surface area contributed by atoms with E-state index < -0.39 is 10.0 Å². The van der Waals surface area contributed by atoms with Crippen molar-refractivity contribution in [1.29, 1.82) is 0 Å². The largest absolute Gasteiger partial charge is 0.454 e. The fourth-order valence-corrected chi connectivity index (χ4v) is 4.46. The first kappa shape index (κ1) is 14.6. The smallest absolute Gasteiger partial charge is 0.243 e. The lowest BCUT2D eigenvalue weighted by Gasteiger charge is -2.31. The number of sulfonamides is 1. The van der Waals surface area contributed by atoms with Crippen LogP contribution >= 0.6 is 0 Å². The summed E-state index contributed by atoms with van der Waals surface area (Å²) in [5.74, 6) is 1.11. The first-order valence-electron chi connectivity index (χ1n) is 7.09. The van der Waals surface area contributed by atoms with Crippen molar-refractivity contribution in [3.63, 3.8) is 0 Å². The molecule has 2 aliphatic rings. The molecule has 21 heavy (non-hydrogen) atoms. The number of rotatable bonds is 3. The topological polar surface area (TPSA) is 67.9 Å². The highest BCUT2D eigenvalue weighted by atomic mass is 32.2. The van der Waals surface area contributed by atoms with E-state index in [-0.39, 0.29) is 12.8 Å². The Balaban J connectivity index is 1.94. The molecule has 1 aromatic carbocycles. The van der Waals surface area contributed by atoms with E-state index in [9.17, 15) is 8.42 Å². The summed E-state index contributed by atoms with van der Waals surface area (Å²) >= 11 is 0. The average Bonchev–Trinajstić information content (AvgIpc) is 2.93. The maximum atomic E-state index is 12.9. The van der Waals surface area contributed by atoms with Crippen LogP contribution in [-0.2, 0) is 10.0 Å². The molecule has 3 rings (SSSR count). The number of benzene rings is 1. The minimum absolute atomic E-state index is 0.0427. The van der Waals surface area contributed by atoms with Gasteiger partial charge in [0.1, 0.15) is 0 Å². The van der Waals surface area contributed by atoms with Crippen LogP contribution in [-0.4, -0.2) is 45.7 Å². The molecule has 0 aliphatic carbocycles. The summed E-state index contributed by atoms with van der Waals surface area (Å²) < 4.78 is 37.8. The molecule has 0 saturated carbocycles. The zero-order chi connectivity index (χ0) is 15.0. The second kappa shape index (κ2) is 5.47. The van der Waals surface area contributed by atoms with E-state index in [2.05, 4.69) is 5.32 Å². The molecule has 1 aromatic rings. The third kappa shape index (κ3) is 2.61. The predicted molar refractivity (Wildman–Crippen MR) is 78.1 cm³/mol. The maximum absolute atomic E-state index is 12.9. The van der Waals surface area contributed by atoms with E-state index in [1.807, 2.05) is 0 Å². The molecule has 2 heterocycles. The lowest BCUT2D eigenvalue weighted by atomic mass is 10.1. The molecule has 7 heteroatoms. The highest BCUT2D eigenvalue weighted by Gasteiger charge is 2.31. The number of aryl methyl sites for hydroxylation is 1. The Morgan fingerprint density at radius 2 is 1.81 bits per heavy atom. The first-order valence-corrected chi connectivity index (χ1v) is 8.53. The average molecular weight is 312 g/mol. The molecule has 0 atom stereocenters. The van der Waals surface area contributed by atoms with E-state index in [0.29, 0.717) is 22.0 Å². The fourth-order valence-electron chi connectivity index (χ4n) is 2.82. The molecule has 0 bridgehead atoms. The number of piperidine rings is 1. The Bertz CT molecular complexity index is 639. The van der Waals surface area contributed by atoms with Gasteiger partial charge >= 0.3 is 0 Å². The SMILES string of the molecule is Cc1cc2c(cc1S(=O)(=O)N(C)C1CCNCC1)OCO2. The van der Waals surface area contributed by atoms with Crippen molar-refractivity contribution >= 4 is 10.0 Å². The van der Waals surface area contributed by atoms with Crippen LogP contribution in [0.15, 0.2) is 17.0 Å². The standard InChI is InChI=1S/C14H20N2O4S/c1-10-7-12-13(20-9-19-12)8-14(10)21(17,18)16(2)11-3-5-15-6-4-11/h7-8,11,15H,3-6,9H2,1-2H3. The van der Waals surface area contributed by atoms with Crippen LogP contribution in [0.2, 0.25) is 0 Å². The molecular weight excluding hydrogens is 292 g/mol. The van der Waals surface area contributed by atoms with Crippen molar-refractivity contribution in [3.05, 3.63) is 17.7 Å². The molecule has 0 unspecified atom stereocenters. The van der Waals surface area contributed by atoms with Crippen molar-refractivity contribution in [2.45, 2.75) is 30.7 Å². The summed E-state index contributed by atoms with van der Waals surface area (Å²) in [5.41, 5.74) is 0.681. The molecule has 1 saturated heterocycles. The molecule has 1 N–H and O–H groups in total. The van der Waals surface area contributed by atoms with Crippen molar-refractivity contribution < 1.29 is 17.9 Å². The second-order valence-electron chi connectivity index (χ2n) is 5.47. The fraction of sp³-hybridized carbons (Fsp3) is 0.571. The molecule has 0 aromatic heterocycles. The van der Waals surface area contributed by atoms with Gasteiger partial charge in [0.2, 0.25) is 16.8 Å². The maximum Gasteiger partial charge on any atom is 0.243 e. The Hall–Kier alpha value is -1.31. The van der Waals surface area contributed by atoms with Crippen LogP contribution in [0.3, 0.4) is 0 Å². The summed E-state index contributed by atoms with van der Waals surface area (Å²) in [4.78, 5) is 0.299. The lowest BCUT2D eigenvalue weighted by molar-refractivity contribution is 0.174. The van der Waals surface area contributed by atoms with Crippen LogP contribution in [0.1, 0.15) is 18.4 Å². The van der Waals surface area contributed by atoms with Crippen molar-refractivity contribution in [1.82, 2.24) is 9.62 Å². The quantitative estimate of drug-likeness (QED) is 0.905. The van der Waals surface area contributed by atoms with E-state index >= 15 is 0 Å². The summed E-state index contributed by atoms with van der Waals surface area (Å²) in [7, 11) is -1.86. The zero-order valence-electron chi connectivity index (χ0n) is 12.3. The van der Waals surface area contributed by atoms with Crippen LogP contribution < -0.4 is 14.8 Å². The Labute approximate surface area is 125 Å². The molecule has 116 valence electrons. The molecule has 1 fully saturated rings. The van der Waals surface area contributed by atoms with Gasteiger partial charge in [-0.15, -0.1) is 0 Å². The van der Waals surface area contributed by atoms with Gasteiger partial charge in [0.05, 0.1) is 4.90 Å². The number of nitrogens with zero attached hydrogens (tertiary/aromatic N) is 1. The van der Waals surface area contributed by atoms with Gasteiger partial charge < -0.3 is 14.8 Å². The number of hydrogen-bond acceptors (Lipinski definition) is 5. The highest BCUT2D eigenvalue weighted by Crippen LogP contribution is 2.37. The molecule has 6 nitrogen and oxygen atoms in total. The monoisotopic (exact) mass is 312 g/mol. The zero-order valence-corrected chi connectivity index (χ0v) is 13.1. The van der Waals surface area contributed by atoms with Gasteiger partial charge in [-0.25, -0.2) is 8.42 Å². The normalized spacial score (nSPS) is 19.2. The van der Waals surface area contributed by atoms with Crippen molar-refractivity contribution in [2.24, 2.45) is 0 Å². The van der Waals surface area contributed by atoms with Gasteiger partial charge in [-0.2, -0.15) is 4.31 Å². The summed E-state index contributed by atoms with van der Waals surface area (Å²) in [6.07, 6.45) is 1.67. The van der Waals surface area contributed by atoms with Gasteiger partial charge in [-0.1, -0.05) is 0 Å². The summed E-state index contributed by atoms with van der Waals surface area (Å²) in [6, 6.07) is 3.34. The summed E-state index contributed by atoms with van der Waals surface area (Å²) in [5, 5.41) is 3.25. The van der Waals surface area contributed by atoms with Crippen molar-refractivity contribution in [3.8, 4) is 11.5 Å². The van der Waals surface area contributed by atoms with Crippen LogP contribution in [0.5, 0.6) is 11.5 Å². The minimum atomic E-state index is -3.52. The van der Waals surface area contributed by atoms with E-state index in [1.54, 1.807) is 26.1 Å². The van der Waals surface area contributed by atoms with E-state index in [4.69, 9.17) is 9.47 Å². The molecule has 0 spiro atoms. The molecule has 0 amide bonds. The van der Waals surface area contributed by atoms with Gasteiger partial charge in [0.25, 0.3) is 0 Å². The molecule has 0 radical (unpaired) electrons. The van der Waals surface area contributed by atoms with E-state index in [1.165, 1.54) is 4.31 Å². The molecular formula is C14H20N2O4S. The van der Waals surface area contributed by atoms with Crippen molar-refractivity contribution in [2.75, 3.05) is 26.9 Å². The third-order valence-corrected chi connectivity index (χ3v) is 6.20. The Morgan fingerprint density at radius 3 is 2.48 bits per heavy atom. The third-order valence-electron chi connectivity index (χ3n) is 4.15. The molecule has 2 aliphatic heterocycles. The van der Waals surface area contributed by atoms with Gasteiger partial charge in [-0.3, -0.25) is 0 Å². The van der Waals surface area contributed by atoms with Crippen LogP contribution in [0, 0.1) is 6.92 Å².